The first-order valence-electron chi connectivity index (χ1n) is 11.2. The largest absolute Gasteiger partial charge is 0.483 e. The van der Waals surface area contributed by atoms with Crippen molar-refractivity contribution in [2.45, 2.75) is 62.1 Å². The van der Waals surface area contributed by atoms with E-state index in [1.54, 1.807) is 4.90 Å². The van der Waals surface area contributed by atoms with Crippen molar-refractivity contribution in [1.82, 2.24) is 9.62 Å². The molecule has 6 rings (SSSR count). The third-order valence-electron chi connectivity index (χ3n) is 7.19. The Bertz CT molecular complexity index is 926. The molecular weight excluding hydrogens is 420 g/mol. The minimum Gasteiger partial charge on any atom is -0.483 e. The second kappa shape index (κ2) is 8.35. The molecule has 1 N–H and O–H groups in total. The van der Waals surface area contributed by atoms with Crippen molar-refractivity contribution in [2.24, 2.45) is 0 Å². The number of hydrogen-bond acceptors (Lipinski definition) is 6. The summed E-state index contributed by atoms with van der Waals surface area (Å²) in [4.78, 5) is 15.0. The van der Waals surface area contributed by atoms with E-state index in [1.165, 1.54) is 0 Å². The van der Waals surface area contributed by atoms with Crippen LogP contribution in [0, 0.1) is 0 Å². The lowest BCUT2D eigenvalue weighted by Gasteiger charge is -2.51. The summed E-state index contributed by atoms with van der Waals surface area (Å²) in [5, 5.41) is 0. The molecule has 4 aliphatic heterocycles. The van der Waals surface area contributed by atoms with Crippen LogP contribution in [-0.2, 0) is 24.3 Å². The van der Waals surface area contributed by atoms with E-state index in [0.29, 0.717) is 31.9 Å². The topological polar surface area (TPSA) is 94.2 Å². The average Bonchev–Trinajstić information content (AvgIpc) is 2.77. The van der Waals surface area contributed by atoms with Crippen LogP contribution in [0.25, 0.3) is 0 Å². The third-order valence-corrected chi connectivity index (χ3v) is 8.38. The molecular formula is C22H30N2O6S. The van der Waals surface area contributed by atoms with Crippen LogP contribution in [0.15, 0.2) is 24.3 Å². The lowest BCUT2D eigenvalue weighted by Crippen LogP contribution is -2.72. The summed E-state index contributed by atoms with van der Waals surface area (Å²) in [5.74, 6) is 0.669. The first kappa shape index (κ1) is 21.2. The molecule has 0 radical (unpaired) electrons. The maximum atomic E-state index is 13.3. The van der Waals surface area contributed by atoms with Gasteiger partial charge in [-0.3, -0.25) is 4.79 Å². The smallest absolute Gasteiger partial charge is 0.260 e. The SMILES string of the molecule is O=C1COc2ccccc2C2CCC(CC2)OC[C@H]2N1CCC[C@]21COCS(=O)(=O)N1. The third kappa shape index (κ3) is 4.20. The van der Waals surface area contributed by atoms with Crippen LogP contribution in [-0.4, -0.2) is 69.2 Å². The van der Waals surface area contributed by atoms with E-state index in [1.807, 2.05) is 18.2 Å². The van der Waals surface area contributed by atoms with Crippen molar-refractivity contribution in [3.05, 3.63) is 29.8 Å². The predicted molar refractivity (Wildman–Crippen MR) is 113 cm³/mol. The quantitative estimate of drug-likeness (QED) is 0.647. The lowest BCUT2D eigenvalue weighted by molar-refractivity contribution is -0.146. The van der Waals surface area contributed by atoms with Gasteiger partial charge in [0.1, 0.15) is 5.75 Å². The highest BCUT2D eigenvalue weighted by Crippen LogP contribution is 2.39. The molecule has 8 nitrogen and oxygen atoms in total. The number of fused-ring (bicyclic) bond motifs is 5. The van der Waals surface area contributed by atoms with Gasteiger partial charge in [-0.25, -0.2) is 13.1 Å². The highest BCUT2D eigenvalue weighted by atomic mass is 32.2. The number of para-hydroxylation sites is 1. The van der Waals surface area contributed by atoms with Crippen LogP contribution >= 0.6 is 0 Å². The summed E-state index contributed by atoms with van der Waals surface area (Å²) in [5.41, 5.74) is 0.299. The van der Waals surface area contributed by atoms with Gasteiger partial charge in [0.15, 0.2) is 12.5 Å². The van der Waals surface area contributed by atoms with Crippen LogP contribution in [0.2, 0.25) is 0 Å². The molecule has 31 heavy (non-hydrogen) atoms. The molecule has 2 saturated heterocycles. The summed E-state index contributed by atoms with van der Waals surface area (Å²) in [6.07, 6.45) is 5.31. The summed E-state index contributed by atoms with van der Waals surface area (Å²) in [6.45, 7) is 1.00. The number of hydrogen-bond donors (Lipinski definition) is 1. The van der Waals surface area contributed by atoms with E-state index in [9.17, 15) is 13.2 Å². The van der Waals surface area contributed by atoms with Crippen LogP contribution in [0.4, 0.5) is 0 Å². The predicted octanol–water partition coefficient (Wildman–Crippen LogP) is 1.76. The van der Waals surface area contributed by atoms with Gasteiger partial charge >= 0.3 is 0 Å². The van der Waals surface area contributed by atoms with E-state index in [-0.39, 0.29) is 31.2 Å². The van der Waals surface area contributed by atoms with Crippen molar-refractivity contribution in [1.29, 1.82) is 0 Å². The van der Waals surface area contributed by atoms with Gasteiger partial charge in [0.25, 0.3) is 5.91 Å². The summed E-state index contributed by atoms with van der Waals surface area (Å²) in [7, 11) is -3.56. The second-order valence-electron chi connectivity index (χ2n) is 9.18. The molecule has 0 unspecified atom stereocenters. The number of nitrogens with zero attached hydrogens (tertiary/aromatic N) is 1. The second-order valence-corrected chi connectivity index (χ2v) is 10.8. The number of nitrogens with one attached hydrogen (secondary N) is 1. The normalized spacial score (nSPS) is 35.8. The Kier molecular flexibility index (Phi) is 5.70. The van der Waals surface area contributed by atoms with Crippen molar-refractivity contribution < 1.29 is 27.4 Å². The van der Waals surface area contributed by atoms with Gasteiger partial charge in [-0.1, -0.05) is 18.2 Å². The first-order chi connectivity index (χ1) is 15.0. The molecule has 1 aromatic rings. The van der Waals surface area contributed by atoms with Crippen molar-refractivity contribution in [3.63, 3.8) is 0 Å². The van der Waals surface area contributed by atoms with E-state index in [0.717, 1.165) is 37.0 Å². The number of amides is 1. The van der Waals surface area contributed by atoms with E-state index < -0.39 is 21.6 Å². The van der Waals surface area contributed by atoms with E-state index >= 15 is 0 Å². The fourth-order valence-electron chi connectivity index (χ4n) is 5.66. The van der Waals surface area contributed by atoms with Crippen molar-refractivity contribution >= 4 is 15.9 Å². The lowest BCUT2D eigenvalue weighted by atomic mass is 9.81. The minimum atomic E-state index is -3.56. The Morgan fingerprint density at radius 2 is 1.94 bits per heavy atom. The summed E-state index contributed by atoms with van der Waals surface area (Å²) < 4.78 is 45.4. The number of piperidine rings is 1. The molecule has 4 heterocycles. The number of rotatable bonds is 0. The number of benzene rings is 1. The van der Waals surface area contributed by atoms with Gasteiger partial charge in [0.05, 0.1) is 30.9 Å². The minimum absolute atomic E-state index is 0.0760. The van der Waals surface area contributed by atoms with Gasteiger partial charge in [0, 0.05) is 6.54 Å². The van der Waals surface area contributed by atoms with E-state index in [2.05, 4.69) is 10.8 Å². The zero-order valence-corrected chi connectivity index (χ0v) is 18.4. The van der Waals surface area contributed by atoms with Crippen molar-refractivity contribution in [3.8, 4) is 5.75 Å². The zero-order valence-electron chi connectivity index (χ0n) is 17.6. The number of sulfonamides is 1. The monoisotopic (exact) mass is 450 g/mol. The molecule has 2 bridgehead atoms. The Balaban J connectivity index is 1.47. The summed E-state index contributed by atoms with van der Waals surface area (Å²) in [6, 6.07) is 7.55. The molecule has 1 saturated carbocycles. The van der Waals surface area contributed by atoms with Gasteiger partial charge in [0.2, 0.25) is 10.0 Å². The number of carbonyl (C=O) groups is 1. The van der Waals surface area contributed by atoms with Gasteiger partial charge in [-0.05, 0) is 56.1 Å². The van der Waals surface area contributed by atoms with Crippen LogP contribution in [0.5, 0.6) is 5.75 Å². The number of ether oxygens (including phenoxy) is 3. The fourth-order valence-corrected chi connectivity index (χ4v) is 6.94. The standard InChI is InChI=1S/C22H30N2O6S/c25-21-13-30-19-5-2-1-4-18(19)16-6-8-17(9-7-16)29-12-20-22(10-3-11-24(20)21)14-28-15-31(26,27)23-22/h1-2,4-5,16-17,20,23H,3,6-15H2/t16?,17?,20-,22+/m1/s1. The first-order valence-corrected chi connectivity index (χ1v) is 12.8. The van der Waals surface area contributed by atoms with Gasteiger partial charge in [-0.2, -0.15) is 0 Å². The Morgan fingerprint density at radius 1 is 1.13 bits per heavy atom. The molecule has 3 fully saturated rings. The van der Waals surface area contributed by atoms with Crippen LogP contribution in [0.1, 0.15) is 50.0 Å². The number of carbonyl (C=O) groups excluding carboxylic acids is 1. The molecule has 1 spiro atoms. The van der Waals surface area contributed by atoms with E-state index in [4.69, 9.17) is 14.2 Å². The van der Waals surface area contributed by atoms with Crippen molar-refractivity contribution in [2.75, 3.05) is 32.3 Å². The molecule has 170 valence electrons. The molecule has 1 amide bonds. The van der Waals surface area contributed by atoms with Gasteiger partial charge < -0.3 is 19.1 Å². The highest BCUT2D eigenvalue weighted by molar-refractivity contribution is 7.89. The Labute approximate surface area is 183 Å². The maximum Gasteiger partial charge on any atom is 0.260 e. The Morgan fingerprint density at radius 3 is 2.74 bits per heavy atom. The van der Waals surface area contributed by atoms with Crippen LogP contribution < -0.4 is 9.46 Å². The van der Waals surface area contributed by atoms with Gasteiger partial charge in [-0.15, -0.1) is 0 Å². The molecule has 1 aromatic carbocycles. The van der Waals surface area contributed by atoms with Crippen LogP contribution in [0.3, 0.4) is 0 Å². The highest BCUT2D eigenvalue weighted by Gasteiger charge is 2.51. The average molecular weight is 451 g/mol. The molecule has 1 aliphatic carbocycles. The Hall–Kier alpha value is -1.68. The molecule has 9 heteroatoms. The molecule has 5 aliphatic rings. The maximum absolute atomic E-state index is 13.3. The summed E-state index contributed by atoms with van der Waals surface area (Å²) >= 11 is 0. The molecule has 2 atom stereocenters. The fraction of sp³-hybridized carbons (Fsp3) is 0.682. The molecule has 0 aromatic heterocycles. The zero-order chi connectivity index (χ0) is 21.5.